The SMILES string of the molecule is c1ccc(-c2nc(-c3ccccc3)nc(-c3cccc4c(-c5ccc6c(c5)oc5cc7nc(-c8ccccc8)sc7cc56)cccc34)n2)cc1. The molecule has 5 nitrogen and oxygen atoms in total. The summed E-state index contributed by atoms with van der Waals surface area (Å²) in [6, 6.07) is 54.0. The van der Waals surface area contributed by atoms with Crippen molar-refractivity contribution in [3.63, 3.8) is 0 Å². The summed E-state index contributed by atoms with van der Waals surface area (Å²) in [6.45, 7) is 0. The van der Waals surface area contributed by atoms with Crippen LogP contribution in [0.3, 0.4) is 0 Å². The Hall–Kier alpha value is -6.50. The molecule has 0 aliphatic rings. The third-order valence-corrected chi connectivity index (χ3v) is 10.2. The van der Waals surface area contributed by atoms with E-state index in [0.717, 1.165) is 81.3 Å². The zero-order valence-electron chi connectivity index (χ0n) is 26.6. The number of thiazole rings is 1. The molecule has 0 bridgehead atoms. The zero-order valence-corrected chi connectivity index (χ0v) is 27.4. The summed E-state index contributed by atoms with van der Waals surface area (Å²) in [4.78, 5) is 19.8. The van der Waals surface area contributed by atoms with Gasteiger partial charge in [-0.1, -0.05) is 133 Å². The van der Waals surface area contributed by atoms with Crippen molar-refractivity contribution in [3.8, 4) is 55.9 Å². The van der Waals surface area contributed by atoms with E-state index in [0.29, 0.717) is 17.5 Å². The molecule has 3 aromatic heterocycles. The highest BCUT2D eigenvalue weighted by Crippen LogP contribution is 2.40. The van der Waals surface area contributed by atoms with Crippen molar-refractivity contribution < 1.29 is 4.42 Å². The first-order valence-corrected chi connectivity index (χ1v) is 17.3. The van der Waals surface area contributed by atoms with E-state index in [1.807, 2.05) is 78.9 Å². The van der Waals surface area contributed by atoms with Crippen LogP contribution in [0.4, 0.5) is 0 Å². The van der Waals surface area contributed by atoms with Gasteiger partial charge in [0.25, 0.3) is 0 Å². The Kier molecular flexibility index (Phi) is 6.60. The largest absolute Gasteiger partial charge is 0.456 e. The van der Waals surface area contributed by atoms with Crippen LogP contribution in [0.15, 0.2) is 162 Å². The second-order valence-electron chi connectivity index (χ2n) is 12.3. The number of aromatic nitrogens is 4. The Morgan fingerprint density at radius 3 is 1.64 bits per heavy atom. The summed E-state index contributed by atoms with van der Waals surface area (Å²) < 4.78 is 7.64. The standard InChI is InChI=1S/C44H26N4OS/c1-4-12-27(13-5-1)41-46-42(28-14-6-2-7-15-28)48-43(47-41)35-21-11-19-32-31(18-10-20-33(32)35)30-22-23-34-36-25-40-37(26-39(36)49-38(34)24-30)45-44(50-40)29-16-8-3-9-17-29/h1-26H. The van der Waals surface area contributed by atoms with E-state index in [1.54, 1.807) is 11.3 Å². The Bertz CT molecular complexity index is 2810. The molecular weight excluding hydrogens is 633 g/mol. The van der Waals surface area contributed by atoms with Crippen LogP contribution in [0, 0.1) is 0 Å². The van der Waals surface area contributed by atoms with Crippen LogP contribution in [0.25, 0.3) is 98.8 Å². The quantitative estimate of drug-likeness (QED) is 0.184. The molecular formula is C44H26N4OS. The number of furan rings is 1. The molecule has 0 saturated carbocycles. The molecule has 0 aliphatic carbocycles. The van der Waals surface area contributed by atoms with Crippen LogP contribution in [0.1, 0.15) is 0 Å². The molecule has 0 N–H and O–H groups in total. The van der Waals surface area contributed by atoms with Crippen molar-refractivity contribution in [2.75, 3.05) is 0 Å². The van der Waals surface area contributed by atoms with Gasteiger partial charge in [0.1, 0.15) is 16.2 Å². The molecule has 0 amide bonds. The molecule has 6 heteroatoms. The normalized spacial score (nSPS) is 11.6. The summed E-state index contributed by atoms with van der Waals surface area (Å²) >= 11 is 1.71. The lowest BCUT2D eigenvalue weighted by molar-refractivity contribution is 0.669. The average molecular weight is 659 g/mol. The van der Waals surface area contributed by atoms with Crippen molar-refractivity contribution in [2.24, 2.45) is 0 Å². The van der Waals surface area contributed by atoms with E-state index in [4.69, 9.17) is 24.4 Å². The number of hydrogen-bond acceptors (Lipinski definition) is 6. The molecule has 0 unspecified atom stereocenters. The highest BCUT2D eigenvalue weighted by atomic mass is 32.1. The minimum atomic E-state index is 0.636. The number of fused-ring (bicyclic) bond motifs is 5. The number of benzene rings is 7. The van der Waals surface area contributed by atoms with E-state index in [-0.39, 0.29) is 0 Å². The van der Waals surface area contributed by atoms with Gasteiger partial charge in [-0.2, -0.15) is 0 Å². The van der Waals surface area contributed by atoms with Gasteiger partial charge in [-0.25, -0.2) is 19.9 Å². The molecule has 0 radical (unpaired) electrons. The van der Waals surface area contributed by atoms with Gasteiger partial charge in [-0.15, -0.1) is 11.3 Å². The second-order valence-corrected chi connectivity index (χ2v) is 13.3. The van der Waals surface area contributed by atoms with E-state index >= 15 is 0 Å². The van der Waals surface area contributed by atoms with E-state index < -0.39 is 0 Å². The van der Waals surface area contributed by atoms with Gasteiger partial charge in [0.2, 0.25) is 0 Å². The molecule has 0 fully saturated rings. The van der Waals surface area contributed by atoms with E-state index in [9.17, 15) is 0 Å². The van der Waals surface area contributed by atoms with Crippen LogP contribution in [-0.2, 0) is 0 Å². The van der Waals surface area contributed by atoms with E-state index in [1.165, 1.54) is 0 Å². The first-order chi connectivity index (χ1) is 24.7. The fourth-order valence-electron chi connectivity index (χ4n) is 6.75. The molecule has 10 aromatic rings. The predicted octanol–water partition coefficient (Wildman–Crippen LogP) is 11.9. The summed E-state index contributed by atoms with van der Waals surface area (Å²) in [6.07, 6.45) is 0. The Morgan fingerprint density at radius 2 is 0.960 bits per heavy atom. The van der Waals surface area contributed by atoms with Gasteiger partial charge in [0.05, 0.1) is 10.2 Å². The Balaban J connectivity index is 1.09. The minimum absolute atomic E-state index is 0.636. The lowest BCUT2D eigenvalue weighted by Crippen LogP contribution is -2.00. The maximum atomic E-state index is 6.49. The molecule has 0 saturated heterocycles. The fraction of sp³-hybridized carbons (Fsp3) is 0. The maximum absolute atomic E-state index is 6.49. The summed E-state index contributed by atoms with van der Waals surface area (Å²) in [5.74, 6) is 1.92. The average Bonchev–Trinajstić information content (AvgIpc) is 3.77. The van der Waals surface area contributed by atoms with Crippen molar-refractivity contribution in [1.29, 1.82) is 0 Å². The summed E-state index contributed by atoms with van der Waals surface area (Å²) in [5.41, 5.74) is 8.80. The van der Waals surface area contributed by atoms with Crippen LogP contribution < -0.4 is 0 Å². The molecule has 0 spiro atoms. The van der Waals surface area contributed by atoms with E-state index in [2.05, 4.69) is 78.9 Å². The van der Waals surface area contributed by atoms with Crippen LogP contribution >= 0.6 is 11.3 Å². The number of hydrogen-bond donors (Lipinski definition) is 0. The van der Waals surface area contributed by atoms with Crippen molar-refractivity contribution in [1.82, 2.24) is 19.9 Å². The van der Waals surface area contributed by atoms with Crippen LogP contribution in [0.2, 0.25) is 0 Å². The first kappa shape index (κ1) is 28.5. The van der Waals surface area contributed by atoms with Crippen LogP contribution in [0.5, 0.6) is 0 Å². The molecule has 0 atom stereocenters. The molecule has 3 heterocycles. The number of nitrogens with zero attached hydrogens (tertiary/aromatic N) is 4. The van der Waals surface area contributed by atoms with Crippen molar-refractivity contribution >= 4 is 54.3 Å². The predicted molar refractivity (Wildman–Crippen MR) is 205 cm³/mol. The minimum Gasteiger partial charge on any atom is -0.456 e. The lowest BCUT2D eigenvalue weighted by atomic mass is 9.95. The molecule has 234 valence electrons. The first-order valence-electron chi connectivity index (χ1n) is 16.5. The van der Waals surface area contributed by atoms with Crippen molar-refractivity contribution in [2.45, 2.75) is 0 Å². The Morgan fingerprint density at radius 1 is 0.380 bits per heavy atom. The third kappa shape index (κ3) is 4.85. The molecule has 50 heavy (non-hydrogen) atoms. The maximum Gasteiger partial charge on any atom is 0.164 e. The molecule has 10 rings (SSSR count). The number of rotatable bonds is 5. The monoisotopic (exact) mass is 658 g/mol. The van der Waals surface area contributed by atoms with Gasteiger partial charge in [-0.05, 0) is 40.1 Å². The zero-order chi connectivity index (χ0) is 33.0. The molecule has 7 aromatic carbocycles. The highest BCUT2D eigenvalue weighted by Gasteiger charge is 2.17. The fourth-order valence-corrected chi connectivity index (χ4v) is 7.75. The van der Waals surface area contributed by atoms with Crippen molar-refractivity contribution in [3.05, 3.63) is 158 Å². The van der Waals surface area contributed by atoms with Gasteiger partial charge in [0.15, 0.2) is 17.5 Å². The van der Waals surface area contributed by atoms with Gasteiger partial charge in [0, 0.05) is 39.1 Å². The van der Waals surface area contributed by atoms with Gasteiger partial charge >= 0.3 is 0 Å². The van der Waals surface area contributed by atoms with Crippen LogP contribution in [-0.4, -0.2) is 19.9 Å². The molecule has 0 aliphatic heterocycles. The summed E-state index contributed by atoms with van der Waals surface area (Å²) in [5, 5.41) is 5.38. The summed E-state index contributed by atoms with van der Waals surface area (Å²) in [7, 11) is 0. The smallest absolute Gasteiger partial charge is 0.164 e. The second kappa shape index (κ2) is 11.6. The van der Waals surface area contributed by atoms with Gasteiger partial charge < -0.3 is 4.42 Å². The topological polar surface area (TPSA) is 64.7 Å². The Labute approximate surface area is 291 Å². The third-order valence-electron chi connectivity index (χ3n) is 9.18. The van der Waals surface area contributed by atoms with Gasteiger partial charge in [-0.3, -0.25) is 0 Å². The lowest BCUT2D eigenvalue weighted by Gasteiger charge is -2.12. The highest BCUT2D eigenvalue weighted by molar-refractivity contribution is 7.21.